The predicted octanol–water partition coefficient (Wildman–Crippen LogP) is 3.42. The summed E-state index contributed by atoms with van der Waals surface area (Å²) >= 11 is 1.21. The van der Waals surface area contributed by atoms with Crippen molar-refractivity contribution in [3.63, 3.8) is 0 Å². The van der Waals surface area contributed by atoms with E-state index in [1.54, 1.807) is 23.2 Å². The third kappa shape index (κ3) is 4.50. The lowest BCUT2D eigenvalue weighted by Crippen LogP contribution is -2.23. The number of nitro groups is 1. The van der Waals surface area contributed by atoms with Crippen molar-refractivity contribution in [3.8, 4) is 0 Å². The number of amides is 1. The molecule has 1 N–H and O–H groups in total. The molecule has 1 aromatic heterocycles. The minimum atomic E-state index is -0.796. The number of nitro benzene ring substituents is 1. The minimum Gasteiger partial charge on any atom is -0.452 e. The van der Waals surface area contributed by atoms with E-state index in [1.807, 2.05) is 0 Å². The molecule has 0 aliphatic heterocycles. The third-order valence-corrected chi connectivity index (χ3v) is 5.34. The fourth-order valence-electron chi connectivity index (χ4n) is 3.21. The molecule has 1 fully saturated rings. The molecule has 1 aliphatic carbocycles. The molecule has 28 heavy (non-hydrogen) atoms. The molecule has 1 saturated carbocycles. The smallest absolute Gasteiger partial charge is 0.338 e. The van der Waals surface area contributed by atoms with Crippen LogP contribution in [-0.4, -0.2) is 39.4 Å². The molecular formula is C18H20N4O5S. The van der Waals surface area contributed by atoms with Gasteiger partial charge < -0.3 is 10.1 Å². The predicted molar refractivity (Wildman–Crippen MR) is 104 cm³/mol. The topological polar surface area (TPSA) is 116 Å². The molecule has 10 heteroatoms. The first-order chi connectivity index (χ1) is 13.5. The molecule has 2 aromatic rings. The van der Waals surface area contributed by atoms with Crippen molar-refractivity contribution in [2.24, 2.45) is 0 Å². The number of benzene rings is 1. The summed E-state index contributed by atoms with van der Waals surface area (Å²) in [6.45, 7) is -0.493. The average molecular weight is 404 g/mol. The second-order valence-corrected chi connectivity index (χ2v) is 7.22. The summed E-state index contributed by atoms with van der Waals surface area (Å²) < 4.78 is 6.79. The van der Waals surface area contributed by atoms with E-state index in [0.29, 0.717) is 10.7 Å². The number of aromatic nitrogens is 2. The van der Waals surface area contributed by atoms with Crippen LogP contribution in [0.4, 0.5) is 11.5 Å². The highest BCUT2D eigenvalue weighted by atomic mass is 32.2. The van der Waals surface area contributed by atoms with Crippen molar-refractivity contribution in [2.45, 2.75) is 36.6 Å². The van der Waals surface area contributed by atoms with Crippen LogP contribution < -0.4 is 5.32 Å². The number of anilines is 1. The lowest BCUT2D eigenvalue weighted by molar-refractivity contribution is -0.387. The molecule has 0 spiro atoms. The number of esters is 1. The first-order valence-corrected chi connectivity index (χ1v) is 10.0. The van der Waals surface area contributed by atoms with Gasteiger partial charge in [-0.1, -0.05) is 12.8 Å². The molecule has 0 bridgehead atoms. The van der Waals surface area contributed by atoms with Gasteiger partial charge in [-0.25, -0.2) is 9.48 Å². The van der Waals surface area contributed by atoms with E-state index in [1.165, 1.54) is 23.9 Å². The summed E-state index contributed by atoms with van der Waals surface area (Å²) in [6.07, 6.45) is 7.63. The number of thioether (sulfide) groups is 1. The van der Waals surface area contributed by atoms with Gasteiger partial charge in [-0.3, -0.25) is 14.9 Å². The van der Waals surface area contributed by atoms with E-state index < -0.39 is 23.4 Å². The second kappa shape index (κ2) is 8.87. The van der Waals surface area contributed by atoms with Crippen molar-refractivity contribution in [1.82, 2.24) is 9.78 Å². The third-order valence-electron chi connectivity index (χ3n) is 4.55. The number of hydrogen-bond donors (Lipinski definition) is 1. The van der Waals surface area contributed by atoms with Gasteiger partial charge >= 0.3 is 5.97 Å². The van der Waals surface area contributed by atoms with Gasteiger partial charge in [-0.05, 0) is 31.2 Å². The molecule has 0 unspecified atom stereocenters. The molecule has 1 heterocycles. The van der Waals surface area contributed by atoms with Gasteiger partial charge in [-0.15, -0.1) is 11.8 Å². The van der Waals surface area contributed by atoms with Gasteiger partial charge in [-0.2, -0.15) is 5.10 Å². The molecule has 1 amide bonds. The van der Waals surface area contributed by atoms with Crippen molar-refractivity contribution in [2.75, 3.05) is 18.2 Å². The van der Waals surface area contributed by atoms with Gasteiger partial charge in [0, 0.05) is 12.1 Å². The molecule has 0 atom stereocenters. The van der Waals surface area contributed by atoms with Gasteiger partial charge in [0.2, 0.25) is 0 Å². The first-order valence-electron chi connectivity index (χ1n) is 8.82. The Bertz CT molecular complexity index is 892. The van der Waals surface area contributed by atoms with E-state index in [2.05, 4.69) is 10.4 Å². The summed E-state index contributed by atoms with van der Waals surface area (Å²) in [6, 6.07) is 6.04. The highest BCUT2D eigenvalue weighted by Crippen LogP contribution is 2.31. The summed E-state index contributed by atoms with van der Waals surface area (Å²) in [5.41, 5.74) is -0.153. The molecule has 9 nitrogen and oxygen atoms in total. The van der Waals surface area contributed by atoms with Crippen LogP contribution >= 0.6 is 11.8 Å². The Morgan fingerprint density at radius 3 is 2.79 bits per heavy atom. The van der Waals surface area contributed by atoms with Crippen LogP contribution in [0.25, 0.3) is 0 Å². The Labute approximate surface area is 165 Å². The Morgan fingerprint density at radius 2 is 2.11 bits per heavy atom. The van der Waals surface area contributed by atoms with Crippen molar-refractivity contribution in [1.29, 1.82) is 0 Å². The molecule has 3 rings (SSSR count). The summed E-state index contributed by atoms with van der Waals surface area (Å²) in [7, 11) is 0. The monoisotopic (exact) mass is 404 g/mol. The lowest BCUT2D eigenvalue weighted by atomic mass is 10.2. The van der Waals surface area contributed by atoms with Crippen molar-refractivity contribution in [3.05, 3.63) is 46.1 Å². The van der Waals surface area contributed by atoms with Gasteiger partial charge in [0.25, 0.3) is 11.6 Å². The van der Waals surface area contributed by atoms with E-state index in [-0.39, 0.29) is 17.3 Å². The number of carbonyl (C=O) groups excluding carboxylic acids is 2. The van der Waals surface area contributed by atoms with E-state index in [4.69, 9.17) is 4.74 Å². The molecule has 0 radical (unpaired) electrons. The van der Waals surface area contributed by atoms with E-state index in [9.17, 15) is 19.7 Å². The van der Waals surface area contributed by atoms with Gasteiger partial charge in [0.15, 0.2) is 6.61 Å². The number of carbonyl (C=O) groups is 2. The summed E-state index contributed by atoms with van der Waals surface area (Å²) in [5, 5.41) is 18.1. The lowest BCUT2D eigenvalue weighted by Gasteiger charge is -2.14. The highest BCUT2D eigenvalue weighted by molar-refractivity contribution is 7.98. The Kier molecular flexibility index (Phi) is 6.30. The van der Waals surface area contributed by atoms with Crippen LogP contribution in [0.3, 0.4) is 0 Å². The molecule has 1 aromatic carbocycles. The Morgan fingerprint density at radius 1 is 1.36 bits per heavy atom. The van der Waals surface area contributed by atoms with Crippen LogP contribution in [0.1, 0.15) is 42.1 Å². The number of rotatable bonds is 7. The number of nitrogens with one attached hydrogen (secondary N) is 1. The SMILES string of the molecule is CSc1ccc(C(=O)OCC(=O)Nc2ccnn2C2CCCC2)cc1[N+](=O)[O-]. The van der Waals surface area contributed by atoms with Crippen molar-refractivity contribution < 1.29 is 19.2 Å². The number of hydrogen-bond acceptors (Lipinski definition) is 7. The van der Waals surface area contributed by atoms with E-state index in [0.717, 1.165) is 31.7 Å². The number of ether oxygens (including phenoxy) is 1. The zero-order valence-corrected chi connectivity index (χ0v) is 16.1. The Balaban J connectivity index is 1.59. The van der Waals surface area contributed by atoms with Crippen LogP contribution in [0.2, 0.25) is 0 Å². The normalized spacial score (nSPS) is 14.0. The van der Waals surface area contributed by atoms with Crippen molar-refractivity contribution >= 4 is 35.1 Å². The molecule has 1 aliphatic rings. The number of nitrogens with zero attached hydrogens (tertiary/aromatic N) is 3. The standard InChI is InChI=1S/C18H20N4O5S/c1-28-15-7-6-12(10-14(15)22(25)26)18(24)27-11-17(23)20-16-8-9-19-21(16)13-4-2-3-5-13/h6-10,13H,2-5,11H2,1H3,(H,20,23). The summed E-state index contributed by atoms with van der Waals surface area (Å²) in [5.74, 6) is -0.730. The van der Waals surface area contributed by atoms with Gasteiger partial charge in [0.1, 0.15) is 5.82 Å². The fraction of sp³-hybridized carbons (Fsp3) is 0.389. The van der Waals surface area contributed by atoms with Crippen LogP contribution in [0, 0.1) is 10.1 Å². The summed E-state index contributed by atoms with van der Waals surface area (Å²) in [4.78, 5) is 35.3. The average Bonchev–Trinajstić information content (AvgIpc) is 3.37. The van der Waals surface area contributed by atoms with E-state index >= 15 is 0 Å². The van der Waals surface area contributed by atoms with Crippen LogP contribution in [-0.2, 0) is 9.53 Å². The zero-order chi connectivity index (χ0) is 20.1. The second-order valence-electron chi connectivity index (χ2n) is 6.37. The van der Waals surface area contributed by atoms with Gasteiger partial charge in [0.05, 0.1) is 27.6 Å². The molecular weight excluding hydrogens is 384 g/mol. The highest BCUT2D eigenvalue weighted by Gasteiger charge is 2.21. The van der Waals surface area contributed by atoms with Crippen LogP contribution in [0.15, 0.2) is 35.4 Å². The maximum atomic E-state index is 12.2. The first kappa shape index (κ1) is 19.9. The zero-order valence-electron chi connectivity index (χ0n) is 15.3. The quantitative estimate of drug-likeness (QED) is 0.325. The minimum absolute atomic E-state index is 0.0216. The maximum Gasteiger partial charge on any atom is 0.338 e. The largest absolute Gasteiger partial charge is 0.452 e. The molecule has 148 valence electrons. The maximum absolute atomic E-state index is 12.2. The molecule has 0 saturated heterocycles. The fourth-order valence-corrected chi connectivity index (χ4v) is 3.75. The Hall–Kier alpha value is -2.88. The van der Waals surface area contributed by atoms with Crippen LogP contribution in [0.5, 0.6) is 0 Å².